The molecule has 2 nitrogen and oxygen atoms in total. The summed E-state index contributed by atoms with van der Waals surface area (Å²) in [6, 6.07) is 0.388. The van der Waals surface area contributed by atoms with Gasteiger partial charge in [-0.3, -0.25) is 0 Å². The molecule has 1 saturated carbocycles. The molecule has 1 unspecified atom stereocenters. The van der Waals surface area contributed by atoms with E-state index < -0.39 is 0 Å². The quantitative estimate of drug-likeness (QED) is 0.859. The van der Waals surface area contributed by atoms with Crippen LogP contribution in [0.5, 0.6) is 0 Å². The van der Waals surface area contributed by atoms with Crippen molar-refractivity contribution in [1.82, 2.24) is 10.3 Å². The highest BCUT2D eigenvalue weighted by Crippen LogP contribution is 2.46. The van der Waals surface area contributed by atoms with Gasteiger partial charge in [0.05, 0.1) is 10.7 Å². The van der Waals surface area contributed by atoms with E-state index in [0.29, 0.717) is 10.8 Å². The second-order valence-corrected chi connectivity index (χ2v) is 6.62. The number of hydrogen-bond donors (Lipinski definition) is 1. The molecule has 0 spiro atoms. The summed E-state index contributed by atoms with van der Waals surface area (Å²) in [5.74, 6) is 0. The third-order valence-electron chi connectivity index (χ3n) is 3.05. The lowest BCUT2D eigenvalue weighted by Crippen LogP contribution is -2.28. The predicted molar refractivity (Wildman–Crippen MR) is 68.7 cm³/mol. The first-order valence-electron chi connectivity index (χ1n) is 5.36. The van der Waals surface area contributed by atoms with Gasteiger partial charge in [-0.05, 0) is 32.9 Å². The Morgan fingerprint density at radius 1 is 1.67 bits per heavy atom. The van der Waals surface area contributed by atoms with Crippen molar-refractivity contribution in [3.63, 3.8) is 0 Å². The maximum atomic E-state index is 4.51. The van der Waals surface area contributed by atoms with E-state index >= 15 is 0 Å². The van der Waals surface area contributed by atoms with Crippen molar-refractivity contribution in [2.45, 2.75) is 37.5 Å². The molecule has 1 aliphatic carbocycles. The van der Waals surface area contributed by atoms with Crippen LogP contribution in [0.15, 0.2) is 5.38 Å². The molecule has 1 aromatic rings. The second-order valence-electron chi connectivity index (χ2n) is 4.28. The monoisotopic (exact) mass is 242 g/mol. The molecular formula is C11H18N2S2. The lowest BCUT2D eigenvalue weighted by Gasteiger charge is -2.17. The molecule has 0 aromatic carbocycles. The number of rotatable bonds is 5. The Morgan fingerprint density at radius 3 is 2.87 bits per heavy atom. The zero-order valence-corrected chi connectivity index (χ0v) is 11.2. The smallest absolute Gasteiger partial charge is 0.0898 e. The molecule has 0 bridgehead atoms. The van der Waals surface area contributed by atoms with Gasteiger partial charge in [-0.1, -0.05) is 0 Å². The van der Waals surface area contributed by atoms with Crippen molar-refractivity contribution in [2.75, 3.05) is 12.8 Å². The summed E-state index contributed by atoms with van der Waals surface area (Å²) >= 11 is 3.73. The Labute approximate surface area is 99.9 Å². The van der Waals surface area contributed by atoms with Gasteiger partial charge < -0.3 is 5.32 Å². The fourth-order valence-electron chi connectivity index (χ4n) is 1.62. The van der Waals surface area contributed by atoms with Crippen molar-refractivity contribution in [3.8, 4) is 0 Å². The predicted octanol–water partition coefficient (Wildman–Crippen LogP) is 3.00. The maximum Gasteiger partial charge on any atom is 0.0898 e. The molecule has 4 heteroatoms. The molecule has 1 atom stereocenters. The first-order valence-corrected chi connectivity index (χ1v) is 7.46. The van der Waals surface area contributed by atoms with Crippen molar-refractivity contribution < 1.29 is 0 Å². The van der Waals surface area contributed by atoms with E-state index in [2.05, 4.69) is 35.8 Å². The van der Waals surface area contributed by atoms with Crippen LogP contribution in [0.2, 0.25) is 0 Å². The van der Waals surface area contributed by atoms with Crippen LogP contribution < -0.4 is 5.32 Å². The highest BCUT2D eigenvalue weighted by molar-refractivity contribution is 8.00. The van der Waals surface area contributed by atoms with E-state index in [4.69, 9.17) is 0 Å². The lowest BCUT2D eigenvalue weighted by atomic mass is 10.2. The van der Waals surface area contributed by atoms with E-state index in [1.54, 1.807) is 11.3 Å². The molecule has 1 fully saturated rings. The summed E-state index contributed by atoms with van der Waals surface area (Å²) in [6.45, 7) is 5.38. The summed E-state index contributed by atoms with van der Waals surface area (Å²) in [4.78, 5) is 4.51. The van der Waals surface area contributed by atoms with Crippen molar-refractivity contribution >= 4 is 23.1 Å². The highest BCUT2D eigenvalue weighted by Gasteiger charge is 2.41. The van der Waals surface area contributed by atoms with Gasteiger partial charge in [-0.25, -0.2) is 4.98 Å². The fraction of sp³-hybridized carbons (Fsp3) is 0.727. The van der Waals surface area contributed by atoms with Crippen LogP contribution in [0.3, 0.4) is 0 Å². The van der Waals surface area contributed by atoms with Gasteiger partial charge >= 0.3 is 0 Å². The highest BCUT2D eigenvalue weighted by atomic mass is 32.2. The number of aromatic nitrogens is 1. The van der Waals surface area contributed by atoms with Crippen LogP contribution >= 0.6 is 23.1 Å². The minimum Gasteiger partial charge on any atom is -0.307 e. The molecule has 1 aromatic heterocycles. The van der Waals surface area contributed by atoms with Crippen LogP contribution in [0, 0.1) is 6.92 Å². The normalized spacial score (nSPS) is 20.2. The minimum absolute atomic E-state index is 0.388. The van der Waals surface area contributed by atoms with Gasteiger partial charge in [0.15, 0.2) is 0 Å². The van der Waals surface area contributed by atoms with E-state index in [-0.39, 0.29) is 0 Å². The Bertz CT molecular complexity index is 331. The molecule has 1 aliphatic rings. The molecule has 1 N–H and O–H groups in total. The van der Waals surface area contributed by atoms with Gasteiger partial charge in [0, 0.05) is 22.7 Å². The number of thioether (sulfide) groups is 1. The summed E-state index contributed by atoms with van der Waals surface area (Å²) in [7, 11) is 0. The largest absolute Gasteiger partial charge is 0.307 e. The molecule has 0 saturated heterocycles. The molecule has 1 heterocycles. The lowest BCUT2D eigenvalue weighted by molar-refractivity contribution is 0.553. The Hall–Kier alpha value is -0.0600. The Morgan fingerprint density at radius 2 is 2.40 bits per heavy atom. The zero-order chi connectivity index (χ0) is 10.9. The molecule has 15 heavy (non-hydrogen) atoms. The number of hydrogen-bond acceptors (Lipinski definition) is 4. The van der Waals surface area contributed by atoms with E-state index in [1.165, 1.54) is 18.5 Å². The van der Waals surface area contributed by atoms with E-state index in [1.807, 2.05) is 11.8 Å². The van der Waals surface area contributed by atoms with Crippen LogP contribution in [-0.2, 0) is 0 Å². The minimum atomic E-state index is 0.388. The maximum absolute atomic E-state index is 4.51. The van der Waals surface area contributed by atoms with Gasteiger partial charge in [0.2, 0.25) is 0 Å². The van der Waals surface area contributed by atoms with Gasteiger partial charge in [0.25, 0.3) is 0 Å². The average Bonchev–Trinajstić information content (AvgIpc) is 2.90. The van der Waals surface area contributed by atoms with Crippen LogP contribution in [-0.4, -0.2) is 22.5 Å². The standard InChI is InChI=1S/C11H18N2S2/c1-8(10-6-15-9(2)13-10)12-7-11(14-3)4-5-11/h6,8,12H,4-5,7H2,1-3H3. The molecular weight excluding hydrogens is 224 g/mol. The van der Waals surface area contributed by atoms with Crippen LogP contribution in [0.4, 0.5) is 0 Å². The Kier molecular flexibility index (Phi) is 3.38. The molecule has 84 valence electrons. The molecule has 0 amide bonds. The van der Waals surface area contributed by atoms with Gasteiger partial charge in [-0.2, -0.15) is 11.8 Å². The summed E-state index contributed by atoms with van der Waals surface area (Å²) in [5.41, 5.74) is 1.19. The summed E-state index contributed by atoms with van der Waals surface area (Å²) < 4.78 is 0.541. The number of nitrogens with one attached hydrogen (secondary N) is 1. The van der Waals surface area contributed by atoms with Crippen molar-refractivity contribution in [2.24, 2.45) is 0 Å². The van der Waals surface area contributed by atoms with Crippen molar-refractivity contribution in [3.05, 3.63) is 16.1 Å². The molecule has 0 radical (unpaired) electrons. The number of aryl methyl sites for hydroxylation is 1. The second kappa shape index (κ2) is 4.44. The number of nitrogens with zero attached hydrogens (tertiary/aromatic N) is 1. The summed E-state index contributed by atoms with van der Waals surface area (Å²) in [6.07, 6.45) is 4.94. The SMILES string of the molecule is CSC1(CNC(C)c2csc(C)n2)CC1. The first-order chi connectivity index (χ1) is 7.15. The summed E-state index contributed by atoms with van der Waals surface area (Å²) in [5, 5.41) is 6.90. The topological polar surface area (TPSA) is 24.9 Å². The first kappa shape index (κ1) is 11.4. The molecule has 2 rings (SSSR count). The van der Waals surface area contributed by atoms with E-state index in [9.17, 15) is 0 Å². The molecule has 0 aliphatic heterocycles. The number of thiazole rings is 1. The third kappa shape index (κ3) is 2.74. The zero-order valence-electron chi connectivity index (χ0n) is 9.54. The fourth-order valence-corrected chi connectivity index (χ4v) is 3.06. The van der Waals surface area contributed by atoms with Crippen LogP contribution in [0.25, 0.3) is 0 Å². The van der Waals surface area contributed by atoms with Gasteiger partial charge in [0.1, 0.15) is 0 Å². The van der Waals surface area contributed by atoms with Crippen molar-refractivity contribution in [1.29, 1.82) is 0 Å². The van der Waals surface area contributed by atoms with Crippen LogP contribution in [0.1, 0.15) is 36.5 Å². The Balaban J connectivity index is 1.85. The third-order valence-corrected chi connectivity index (χ3v) is 5.26. The van der Waals surface area contributed by atoms with E-state index in [0.717, 1.165) is 11.6 Å². The van der Waals surface area contributed by atoms with Gasteiger partial charge in [-0.15, -0.1) is 11.3 Å². The average molecular weight is 242 g/mol.